The minimum Gasteiger partial charge on any atom is -0.350 e. The Labute approximate surface area is 124 Å². The van der Waals surface area contributed by atoms with E-state index in [9.17, 15) is 9.59 Å². The summed E-state index contributed by atoms with van der Waals surface area (Å²) in [5.41, 5.74) is -0.136. The molecule has 1 aromatic carbocycles. The van der Waals surface area contributed by atoms with Gasteiger partial charge in [-0.25, -0.2) is 9.78 Å². The number of nitrogens with one attached hydrogen (secondary N) is 2. The molecule has 0 aliphatic heterocycles. The fourth-order valence-electron chi connectivity index (χ4n) is 2.12. The molecular formula is C13H13N7O2. The first-order chi connectivity index (χ1) is 10.7. The van der Waals surface area contributed by atoms with Gasteiger partial charge in [0.15, 0.2) is 11.5 Å². The maximum Gasteiger partial charge on any atom is 0.272 e. The van der Waals surface area contributed by atoms with Gasteiger partial charge in [0, 0.05) is 25.4 Å². The van der Waals surface area contributed by atoms with Gasteiger partial charge in [-0.2, -0.15) is 5.10 Å². The lowest BCUT2D eigenvalue weighted by Gasteiger charge is -2.06. The number of aryl methyl sites for hydroxylation is 1. The van der Waals surface area contributed by atoms with Gasteiger partial charge in [0.25, 0.3) is 11.5 Å². The smallest absolute Gasteiger partial charge is 0.272 e. The molecule has 0 unspecified atom stereocenters. The fourth-order valence-corrected chi connectivity index (χ4v) is 2.12. The molecule has 0 saturated heterocycles. The molecule has 0 aliphatic carbocycles. The van der Waals surface area contributed by atoms with Crippen LogP contribution in [0, 0.1) is 0 Å². The van der Waals surface area contributed by atoms with Crippen LogP contribution in [-0.2, 0) is 13.5 Å². The predicted octanol–water partition coefficient (Wildman–Crippen LogP) is -0.581. The van der Waals surface area contributed by atoms with Crippen molar-refractivity contribution in [2.75, 3.05) is 6.54 Å². The van der Waals surface area contributed by atoms with Gasteiger partial charge >= 0.3 is 0 Å². The molecule has 0 atom stereocenters. The number of rotatable bonds is 4. The number of carbonyl (C=O) groups excluding carboxylic acids is 1. The summed E-state index contributed by atoms with van der Waals surface area (Å²) in [7, 11) is 1.73. The van der Waals surface area contributed by atoms with E-state index in [1.165, 1.54) is 0 Å². The Morgan fingerprint density at radius 3 is 2.82 bits per heavy atom. The number of aromatic amines is 1. The number of hydrogen-bond acceptors (Lipinski definition) is 6. The van der Waals surface area contributed by atoms with E-state index in [0.29, 0.717) is 29.6 Å². The van der Waals surface area contributed by atoms with Crippen molar-refractivity contribution in [3.8, 4) is 0 Å². The molecule has 0 fully saturated rings. The van der Waals surface area contributed by atoms with Crippen molar-refractivity contribution in [1.29, 1.82) is 0 Å². The second kappa shape index (κ2) is 5.72. The highest BCUT2D eigenvalue weighted by molar-refractivity contribution is 6.04. The highest BCUT2D eigenvalue weighted by Gasteiger charge is 2.13. The number of hydrogen-bond donors (Lipinski definition) is 2. The topological polar surface area (TPSA) is 118 Å². The van der Waals surface area contributed by atoms with E-state index < -0.39 is 0 Å². The largest absolute Gasteiger partial charge is 0.350 e. The lowest BCUT2D eigenvalue weighted by Crippen LogP contribution is -2.28. The molecular weight excluding hydrogens is 286 g/mol. The quantitative estimate of drug-likeness (QED) is 0.665. The zero-order chi connectivity index (χ0) is 15.5. The van der Waals surface area contributed by atoms with Crippen LogP contribution in [0.2, 0.25) is 0 Å². The minimum absolute atomic E-state index is 0.186. The van der Waals surface area contributed by atoms with Crippen molar-refractivity contribution in [2.24, 2.45) is 7.05 Å². The number of carbonyl (C=O) groups is 1. The Morgan fingerprint density at radius 2 is 2.09 bits per heavy atom. The number of nitrogens with zero attached hydrogens (tertiary/aromatic N) is 5. The first-order valence-corrected chi connectivity index (χ1v) is 6.63. The molecule has 9 heteroatoms. The molecule has 1 amide bonds. The van der Waals surface area contributed by atoms with Crippen molar-refractivity contribution in [3.63, 3.8) is 0 Å². The van der Waals surface area contributed by atoms with E-state index in [4.69, 9.17) is 0 Å². The maximum absolute atomic E-state index is 12.2. The van der Waals surface area contributed by atoms with Gasteiger partial charge in [0.1, 0.15) is 0 Å². The monoisotopic (exact) mass is 299 g/mol. The average Bonchev–Trinajstić information content (AvgIpc) is 2.93. The van der Waals surface area contributed by atoms with Crippen LogP contribution in [0.15, 0.2) is 29.1 Å². The summed E-state index contributed by atoms with van der Waals surface area (Å²) >= 11 is 0. The Morgan fingerprint density at radius 1 is 1.32 bits per heavy atom. The third kappa shape index (κ3) is 2.55. The molecule has 0 bridgehead atoms. The first-order valence-electron chi connectivity index (χ1n) is 6.63. The summed E-state index contributed by atoms with van der Waals surface area (Å²) in [6, 6.07) is 6.84. The summed E-state index contributed by atoms with van der Waals surface area (Å²) < 4.78 is 1.54. The van der Waals surface area contributed by atoms with Crippen LogP contribution in [-0.4, -0.2) is 42.9 Å². The lowest BCUT2D eigenvalue weighted by atomic mass is 10.1. The summed E-state index contributed by atoms with van der Waals surface area (Å²) in [6.45, 7) is 0.363. The van der Waals surface area contributed by atoms with Crippen LogP contribution in [0.1, 0.15) is 16.3 Å². The van der Waals surface area contributed by atoms with Crippen LogP contribution in [0.3, 0.4) is 0 Å². The van der Waals surface area contributed by atoms with Gasteiger partial charge in [-0.3, -0.25) is 9.59 Å². The Hall–Kier alpha value is -3.10. The van der Waals surface area contributed by atoms with Gasteiger partial charge in [0.05, 0.1) is 5.39 Å². The van der Waals surface area contributed by atoms with E-state index in [0.717, 1.165) is 0 Å². The Bertz CT molecular complexity index is 883. The molecule has 22 heavy (non-hydrogen) atoms. The van der Waals surface area contributed by atoms with E-state index in [-0.39, 0.29) is 17.2 Å². The standard InChI is InChI=1S/C13H13N7O2/c1-20-10(15-18-19-20)6-7-14-13(22)11-8-4-2-3-5-9(8)12(21)17-16-11/h2-5H,6-7H2,1H3,(H,14,22)(H,17,21). The molecule has 0 saturated carbocycles. The SMILES string of the molecule is Cn1nnnc1CCNC(=O)c1n[nH]c(=O)c2ccccc12. The number of H-pyrrole nitrogens is 1. The summed E-state index contributed by atoms with van der Waals surface area (Å²) in [5, 5.41) is 20.9. The fraction of sp³-hybridized carbons (Fsp3) is 0.231. The van der Waals surface area contributed by atoms with Crippen molar-refractivity contribution < 1.29 is 4.79 Å². The highest BCUT2D eigenvalue weighted by Crippen LogP contribution is 2.11. The highest BCUT2D eigenvalue weighted by atomic mass is 16.2. The van der Waals surface area contributed by atoms with Gasteiger partial charge in [-0.15, -0.1) is 5.10 Å². The third-order valence-electron chi connectivity index (χ3n) is 3.25. The zero-order valence-corrected chi connectivity index (χ0v) is 11.8. The van der Waals surface area contributed by atoms with Crippen molar-refractivity contribution in [2.45, 2.75) is 6.42 Å². The van der Waals surface area contributed by atoms with Crippen LogP contribution in [0.4, 0.5) is 0 Å². The maximum atomic E-state index is 12.2. The molecule has 2 aromatic heterocycles. The minimum atomic E-state index is -0.359. The van der Waals surface area contributed by atoms with Gasteiger partial charge in [-0.1, -0.05) is 18.2 Å². The second-order valence-corrected chi connectivity index (χ2v) is 4.67. The molecule has 3 rings (SSSR count). The van der Waals surface area contributed by atoms with Gasteiger partial charge in [-0.05, 0) is 16.5 Å². The predicted molar refractivity (Wildman–Crippen MR) is 77.2 cm³/mol. The van der Waals surface area contributed by atoms with Crippen LogP contribution in [0.25, 0.3) is 10.8 Å². The van der Waals surface area contributed by atoms with E-state index in [2.05, 4.69) is 31.0 Å². The van der Waals surface area contributed by atoms with Crippen molar-refractivity contribution in [3.05, 3.63) is 46.1 Å². The Balaban J connectivity index is 1.77. The molecule has 3 aromatic rings. The molecule has 2 heterocycles. The number of tetrazole rings is 1. The van der Waals surface area contributed by atoms with Crippen LogP contribution < -0.4 is 10.9 Å². The molecule has 0 aliphatic rings. The molecule has 9 nitrogen and oxygen atoms in total. The number of amides is 1. The zero-order valence-electron chi connectivity index (χ0n) is 11.8. The summed E-state index contributed by atoms with van der Waals surface area (Å²) in [5.74, 6) is 0.308. The van der Waals surface area contributed by atoms with Gasteiger partial charge < -0.3 is 5.32 Å². The number of benzene rings is 1. The van der Waals surface area contributed by atoms with Crippen molar-refractivity contribution >= 4 is 16.7 Å². The Kier molecular flexibility index (Phi) is 3.60. The molecule has 112 valence electrons. The second-order valence-electron chi connectivity index (χ2n) is 4.67. The summed E-state index contributed by atoms with van der Waals surface area (Å²) in [6.07, 6.45) is 0.497. The van der Waals surface area contributed by atoms with Crippen LogP contribution >= 0.6 is 0 Å². The average molecular weight is 299 g/mol. The first kappa shape index (κ1) is 13.9. The van der Waals surface area contributed by atoms with E-state index in [1.54, 1.807) is 36.0 Å². The lowest BCUT2D eigenvalue weighted by molar-refractivity contribution is 0.0949. The van der Waals surface area contributed by atoms with E-state index >= 15 is 0 Å². The van der Waals surface area contributed by atoms with Gasteiger partial charge in [0.2, 0.25) is 0 Å². The van der Waals surface area contributed by atoms with Crippen LogP contribution in [0.5, 0.6) is 0 Å². The van der Waals surface area contributed by atoms with Crippen molar-refractivity contribution in [1.82, 2.24) is 35.7 Å². The summed E-state index contributed by atoms with van der Waals surface area (Å²) in [4.78, 5) is 23.9. The molecule has 0 radical (unpaired) electrons. The normalized spacial score (nSPS) is 10.8. The molecule has 0 spiro atoms. The molecule has 2 N–H and O–H groups in total. The number of aromatic nitrogens is 6. The van der Waals surface area contributed by atoms with E-state index in [1.807, 2.05) is 0 Å². The third-order valence-corrected chi connectivity index (χ3v) is 3.25. The number of fused-ring (bicyclic) bond motifs is 1.